The first-order chi connectivity index (χ1) is 9.63. The van der Waals surface area contributed by atoms with Crippen LogP contribution in [0.3, 0.4) is 0 Å². The Morgan fingerprint density at radius 3 is 3.00 bits per heavy atom. The Morgan fingerprint density at radius 2 is 2.30 bits per heavy atom. The normalized spacial score (nSPS) is 18.6. The number of carbonyl (C=O) groups excluding carboxylic acids is 2. The number of urea groups is 1. The maximum absolute atomic E-state index is 12.2. The van der Waals surface area contributed by atoms with Gasteiger partial charge < -0.3 is 15.5 Å². The van der Waals surface area contributed by atoms with Crippen LogP contribution in [-0.4, -0.2) is 36.5 Å². The molecule has 1 aliphatic rings. The van der Waals surface area contributed by atoms with Gasteiger partial charge in [0.25, 0.3) is 0 Å². The maximum Gasteiger partial charge on any atom is 0.318 e. The van der Waals surface area contributed by atoms with E-state index >= 15 is 0 Å². The van der Waals surface area contributed by atoms with E-state index in [-0.39, 0.29) is 11.9 Å². The van der Waals surface area contributed by atoms with Crippen LogP contribution in [0.2, 0.25) is 0 Å². The van der Waals surface area contributed by atoms with Crippen molar-refractivity contribution in [3.05, 3.63) is 35.4 Å². The Kier molecular flexibility index (Phi) is 4.61. The van der Waals surface area contributed by atoms with Gasteiger partial charge in [0.2, 0.25) is 5.91 Å². The van der Waals surface area contributed by atoms with Crippen LogP contribution in [0, 0.1) is 6.92 Å². The molecule has 1 aliphatic heterocycles. The third-order valence-corrected chi connectivity index (χ3v) is 3.36. The molecule has 108 valence electrons. The predicted octanol–water partition coefficient (Wildman–Crippen LogP) is 1.59. The van der Waals surface area contributed by atoms with Gasteiger partial charge in [-0.3, -0.25) is 4.79 Å². The molecule has 0 aliphatic carbocycles. The van der Waals surface area contributed by atoms with Crippen LogP contribution in [0.1, 0.15) is 30.5 Å². The highest BCUT2D eigenvalue weighted by Crippen LogP contribution is 2.24. The van der Waals surface area contributed by atoms with Crippen LogP contribution in [0.5, 0.6) is 0 Å². The van der Waals surface area contributed by atoms with Gasteiger partial charge in [0.05, 0.1) is 0 Å². The second-order valence-electron chi connectivity index (χ2n) is 5.03. The van der Waals surface area contributed by atoms with Crippen molar-refractivity contribution in [3.8, 4) is 0 Å². The van der Waals surface area contributed by atoms with E-state index in [1.807, 2.05) is 38.1 Å². The summed E-state index contributed by atoms with van der Waals surface area (Å²) in [6, 6.07) is 7.02. The number of hydrogen-bond acceptors (Lipinski definition) is 2. The molecule has 1 aromatic carbocycles. The topological polar surface area (TPSA) is 61.4 Å². The maximum atomic E-state index is 12.2. The molecule has 0 radical (unpaired) electrons. The zero-order valence-electron chi connectivity index (χ0n) is 12.0. The highest BCUT2D eigenvalue weighted by atomic mass is 16.2. The first-order valence-corrected chi connectivity index (χ1v) is 7.02. The Hall–Kier alpha value is -2.04. The highest BCUT2D eigenvalue weighted by molar-refractivity contribution is 5.89. The second kappa shape index (κ2) is 6.41. The van der Waals surface area contributed by atoms with Crippen molar-refractivity contribution in [1.82, 2.24) is 15.5 Å². The molecule has 1 aromatic rings. The van der Waals surface area contributed by atoms with Crippen LogP contribution in [0.25, 0.3) is 0 Å². The van der Waals surface area contributed by atoms with Gasteiger partial charge in [0, 0.05) is 19.6 Å². The molecule has 2 N–H and O–H groups in total. The third-order valence-electron chi connectivity index (χ3n) is 3.36. The minimum Gasteiger partial charge on any atom is -0.352 e. The fourth-order valence-electron chi connectivity index (χ4n) is 2.39. The number of aryl methyl sites for hydroxylation is 1. The molecule has 5 heteroatoms. The van der Waals surface area contributed by atoms with Gasteiger partial charge in [-0.05, 0) is 18.9 Å². The van der Waals surface area contributed by atoms with Crippen molar-refractivity contribution >= 4 is 11.9 Å². The van der Waals surface area contributed by atoms with E-state index in [9.17, 15) is 9.59 Å². The van der Waals surface area contributed by atoms with Gasteiger partial charge in [-0.2, -0.15) is 0 Å². The summed E-state index contributed by atoms with van der Waals surface area (Å²) in [4.78, 5) is 26.0. The van der Waals surface area contributed by atoms with E-state index in [0.29, 0.717) is 19.6 Å². The molecule has 0 bridgehead atoms. The average molecular weight is 275 g/mol. The molecule has 1 saturated heterocycles. The largest absolute Gasteiger partial charge is 0.352 e. The molecule has 1 unspecified atom stereocenters. The number of hydrogen-bond donors (Lipinski definition) is 2. The number of benzene rings is 1. The van der Waals surface area contributed by atoms with Crippen LogP contribution in [-0.2, 0) is 4.79 Å². The molecule has 1 atom stereocenters. The Balaban J connectivity index is 2.24. The fraction of sp³-hybridized carbons (Fsp3) is 0.467. The lowest BCUT2D eigenvalue weighted by atomic mass is 10.0. The molecular formula is C15H21N3O2. The van der Waals surface area contributed by atoms with Crippen LogP contribution < -0.4 is 10.6 Å². The average Bonchev–Trinajstić information content (AvgIpc) is 2.44. The van der Waals surface area contributed by atoms with E-state index in [1.165, 1.54) is 0 Å². The molecule has 3 amide bonds. The molecule has 0 spiro atoms. The lowest BCUT2D eigenvalue weighted by Gasteiger charge is -2.35. The Morgan fingerprint density at radius 1 is 1.50 bits per heavy atom. The van der Waals surface area contributed by atoms with Crippen LogP contribution in [0.4, 0.5) is 4.79 Å². The molecular weight excluding hydrogens is 254 g/mol. The number of amides is 3. The smallest absolute Gasteiger partial charge is 0.318 e. The first kappa shape index (κ1) is 14.4. The van der Waals surface area contributed by atoms with Crippen molar-refractivity contribution in [2.24, 2.45) is 0 Å². The van der Waals surface area contributed by atoms with Gasteiger partial charge in [0.15, 0.2) is 0 Å². The summed E-state index contributed by atoms with van der Waals surface area (Å²) in [7, 11) is 0. The van der Waals surface area contributed by atoms with E-state index in [0.717, 1.165) is 17.5 Å². The number of nitrogens with one attached hydrogen (secondary N) is 2. The zero-order chi connectivity index (χ0) is 14.5. The Labute approximate surface area is 119 Å². The SMILES string of the molecule is CCCNC(=O)N1CCNC(=O)C1c1cccc(C)c1. The van der Waals surface area contributed by atoms with Crippen molar-refractivity contribution in [2.45, 2.75) is 26.3 Å². The number of piperazine rings is 1. The minimum atomic E-state index is -0.541. The summed E-state index contributed by atoms with van der Waals surface area (Å²) in [6.07, 6.45) is 0.876. The summed E-state index contributed by atoms with van der Waals surface area (Å²) >= 11 is 0. The van der Waals surface area contributed by atoms with Crippen molar-refractivity contribution in [2.75, 3.05) is 19.6 Å². The van der Waals surface area contributed by atoms with E-state index in [2.05, 4.69) is 10.6 Å². The van der Waals surface area contributed by atoms with Crippen LogP contribution in [0.15, 0.2) is 24.3 Å². The quantitative estimate of drug-likeness (QED) is 0.880. The van der Waals surface area contributed by atoms with Gasteiger partial charge in [-0.15, -0.1) is 0 Å². The van der Waals surface area contributed by atoms with Crippen molar-refractivity contribution in [1.29, 1.82) is 0 Å². The standard InChI is InChI=1S/C15H21N3O2/c1-3-7-17-15(20)18-9-8-16-14(19)13(18)12-6-4-5-11(2)10-12/h4-6,10,13H,3,7-9H2,1-2H3,(H,16,19)(H,17,20). The van der Waals surface area contributed by atoms with Gasteiger partial charge in [-0.1, -0.05) is 36.8 Å². The number of rotatable bonds is 3. The summed E-state index contributed by atoms with van der Waals surface area (Å²) in [5.74, 6) is -0.117. The van der Waals surface area contributed by atoms with Gasteiger partial charge in [-0.25, -0.2) is 4.79 Å². The second-order valence-corrected chi connectivity index (χ2v) is 5.03. The predicted molar refractivity (Wildman–Crippen MR) is 77.3 cm³/mol. The van der Waals surface area contributed by atoms with Crippen LogP contribution >= 0.6 is 0 Å². The monoisotopic (exact) mass is 275 g/mol. The fourth-order valence-corrected chi connectivity index (χ4v) is 2.39. The molecule has 20 heavy (non-hydrogen) atoms. The molecule has 1 fully saturated rings. The summed E-state index contributed by atoms with van der Waals surface area (Å²) in [5.41, 5.74) is 1.93. The molecule has 2 rings (SSSR count). The molecule has 0 aromatic heterocycles. The van der Waals surface area contributed by atoms with Gasteiger partial charge in [0.1, 0.15) is 6.04 Å². The van der Waals surface area contributed by atoms with E-state index < -0.39 is 6.04 Å². The van der Waals surface area contributed by atoms with E-state index in [1.54, 1.807) is 4.90 Å². The molecule has 0 saturated carbocycles. The Bertz CT molecular complexity index is 502. The summed E-state index contributed by atoms with van der Waals surface area (Å²) in [6.45, 7) is 5.63. The zero-order valence-corrected chi connectivity index (χ0v) is 12.0. The summed E-state index contributed by atoms with van der Waals surface area (Å²) < 4.78 is 0. The third kappa shape index (κ3) is 3.10. The van der Waals surface area contributed by atoms with Crippen molar-refractivity contribution in [3.63, 3.8) is 0 Å². The van der Waals surface area contributed by atoms with E-state index in [4.69, 9.17) is 0 Å². The van der Waals surface area contributed by atoms with Gasteiger partial charge >= 0.3 is 6.03 Å². The summed E-state index contributed by atoms with van der Waals surface area (Å²) in [5, 5.41) is 5.67. The number of carbonyl (C=O) groups is 2. The number of nitrogens with zero attached hydrogens (tertiary/aromatic N) is 1. The molecule has 1 heterocycles. The molecule has 5 nitrogen and oxygen atoms in total. The van der Waals surface area contributed by atoms with Crippen molar-refractivity contribution < 1.29 is 9.59 Å². The highest BCUT2D eigenvalue weighted by Gasteiger charge is 2.34. The lowest BCUT2D eigenvalue weighted by Crippen LogP contribution is -2.54. The minimum absolute atomic E-state index is 0.117. The first-order valence-electron chi connectivity index (χ1n) is 7.02. The lowest BCUT2D eigenvalue weighted by molar-refractivity contribution is -0.127.